The van der Waals surface area contributed by atoms with Gasteiger partial charge in [0.2, 0.25) is 0 Å². The van der Waals surface area contributed by atoms with Crippen molar-refractivity contribution in [2.75, 3.05) is 5.73 Å². The molecule has 1 aliphatic carbocycles. The summed E-state index contributed by atoms with van der Waals surface area (Å²) in [6.45, 7) is 0. The van der Waals surface area contributed by atoms with Crippen LogP contribution in [0.25, 0.3) is 0 Å². The lowest BCUT2D eigenvalue weighted by atomic mass is 9.84. The first-order valence-electron chi connectivity index (χ1n) is 10.4. The monoisotopic (exact) mass is 421 g/mol. The number of nitrogens with two attached hydrogens (primary N) is 1. The summed E-state index contributed by atoms with van der Waals surface area (Å²) in [5, 5.41) is 9.28. The van der Waals surface area contributed by atoms with Crippen molar-refractivity contribution >= 4 is 17.4 Å². The summed E-state index contributed by atoms with van der Waals surface area (Å²) in [6, 6.07) is 31.9. The van der Waals surface area contributed by atoms with Gasteiger partial charge in [0, 0.05) is 16.8 Å². The fourth-order valence-electron chi connectivity index (χ4n) is 4.05. The number of hydrogen-bond donors (Lipinski definition) is 2. The van der Waals surface area contributed by atoms with Crippen molar-refractivity contribution in [1.29, 1.82) is 0 Å². The molecule has 1 aliphatic rings. The van der Waals surface area contributed by atoms with Crippen LogP contribution in [-0.2, 0) is 11.2 Å². The standard InChI is InChI=1S/C14H11NO.C14H12O2/c15-12-7-3-5-10-8-9-4-1-2-6-11(9)14(16)13(10)12;15-14(16)13(11-7-3-1-4-8-11)12-9-5-2-6-10-12/h1-7H,8,15H2;1-10,13H,(H,15,16). The second-order valence-electron chi connectivity index (χ2n) is 7.64. The third-order valence-corrected chi connectivity index (χ3v) is 5.57. The van der Waals surface area contributed by atoms with E-state index in [1.165, 1.54) is 0 Å². The molecule has 0 fully saturated rings. The van der Waals surface area contributed by atoms with Crippen LogP contribution in [0, 0.1) is 0 Å². The molecule has 0 unspecified atom stereocenters. The van der Waals surface area contributed by atoms with Crippen molar-refractivity contribution in [3.8, 4) is 0 Å². The number of carbonyl (C=O) groups excluding carboxylic acids is 1. The molecule has 4 nitrogen and oxygen atoms in total. The number of fused-ring (bicyclic) bond motifs is 2. The van der Waals surface area contributed by atoms with E-state index in [0.717, 1.165) is 34.2 Å². The Morgan fingerprint density at radius 2 is 1.25 bits per heavy atom. The van der Waals surface area contributed by atoms with E-state index in [-0.39, 0.29) is 5.78 Å². The minimum Gasteiger partial charge on any atom is -0.481 e. The highest BCUT2D eigenvalue weighted by Crippen LogP contribution is 2.30. The topological polar surface area (TPSA) is 80.4 Å². The number of nitrogen functional groups attached to an aromatic ring is 1. The van der Waals surface area contributed by atoms with Crippen LogP contribution in [0.15, 0.2) is 103 Å². The molecule has 0 atom stereocenters. The zero-order chi connectivity index (χ0) is 22.5. The SMILES string of the molecule is Nc1cccc2c1C(=O)c1ccccc1C2.O=C(O)C(c1ccccc1)c1ccccc1. The zero-order valence-corrected chi connectivity index (χ0v) is 17.4. The summed E-state index contributed by atoms with van der Waals surface area (Å²) in [4.78, 5) is 23.5. The molecule has 32 heavy (non-hydrogen) atoms. The van der Waals surface area contributed by atoms with E-state index in [2.05, 4.69) is 0 Å². The zero-order valence-electron chi connectivity index (χ0n) is 17.4. The lowest BCUT2D eigenvalue weighted by molar-refractivity contribution is -0.137. The number of hydrogen-bond acceptors (Lipinski definition) is 3. The number of carbonyl (C=O) groups is 2. The normalized spacial score (nSPS) is 11.7. The summed E-state index contributed by atoms with van der Waals surface area (Å²) < 4.78 is 0. The molecule has 0 saturated carbocycles. The molecule has 0 aliphatic heterocycles. The fourth-order valence-corrected chi connectivity index (χ4v) is 4.05. The number of carboxylic acids is 1. The van der Waals surface area contributed by atoms with Crippen LogP contribution in [0.1, 0.15) is 44.1 Å². The van der Waals surface area contributed by atoms with E-state index in [1.54, 1.807) is 6.07 Å². The van der Waals surface area contributed by atoms with Crippen LogP contribution in [0.4, 0.5) is 5.69 Å². The van der Waals surface area contributed by atoms with E-state index in [1.807, 2.05) is 97.1 Å². The van der Waals surface area contributed by atoms with Crippen LogP contribution in [0.5, 0.6) is 0 Å². The van der Waals surface area contributed by atoms with Gasteiger partial charge in [-0.1, -0.05) is 97.1 Å². The highest BCUT2D eigenvalue weighted by atomic mass is 16.4. The minimum absolute atomic E-state index is 0.0509. The fraction of sp³-hybridized carbons (Fsp3) is 0.0714. The second-order valence-corrected chi connectivity index (χ2v) is 7.64. The molecule has 0 aromatic heterocycles. The van der Waals surface area contributed by atoms with E-state index in [0.29, 0.717) is 11.3 Å². The first-order valence-corrected chi connectivity index (χ1v) is 10.4. The third-order valence-electron chi connectivity index (χ3n) is 5.57. The van der Waals surface area contributed by atoms with Crippen molar-refractivity contribution in [3.63, 3.8) is 0 Å². The Bertz CT molecular complexity index is 1210. The molecule has 4 aromatic rings. The van der Waals surface area contributed by atoms with Gasteiger partial charge in [-0.25, -0.2) is 0 Å². The van der Waals surface area contributed by atoms with Crippen molar-refractivity contribution < 1.29 is 14.7 Å². The molecular formula is C28H23NO3. The number of carboxylic acid groups (broad SMARTS) is 1. The largest absolute Gasteiger partial charge is 0.481 e. The first-order chi connectivity index (χ1) is 15.6. The van der Waals surface area contributed by atoms with Crippen molar-refractivity contribution in [2.45, 2.75) is 12.3 Å². The first kappa shape index (κ1) is 21.1. The maximum atomic E-state index is 12.2. The average Bonchev–Trinajstić information content (AvgIpc) is 2.81. The predicted octanol–water partition coefficient (Wildman–Crippen LogP) is 5.31. The number of anilines is 1. The van der Waals surface area contributed by atoms with Gasteiger partial charge in [0.05, 0.1) is 0 Å². The highest BCUT2D eigenvalue weighted by Gasteiger charge is 2.24. The molecule has 5 rings (SSSR count). The third kappa shape index (κ3) is 4.30. The van der Waals surface area contributed by atoms with E-state index in [4.69, 9.17) is 5.73 Å². The summed E-state index contributed by atoms with van der Waals surface area (Å²) in [5.41, 5.74) is 11.6. The van der Waals surface area contributed by atoms with Gasteiger partial charge in [0.25, 0.3) is 0 Å². The second kappa shape index (κ2) is 9.31. The van der Waals surface area contributed by atoms with E-state index >= 15 is 0 Å². The maximum Gasteiger partial charge on any atom is 0.315 e. The van der Waals surface area contributed by atoms with Gasteiger partial charge in [0.1, 0.15) is 5.92 Å². The number of benzene rings is 4. The van der Waals surface area contributed by atoms with Gasteiger partial charge in [0.15, 0.2) is 5.78 Å². The predicted molar refractivity (Wildman–Crippen MR) is 126 cm³/mol. The van der Waals surface area contributed by atoms with Gasteiger partial charge in [-0.3, -0.25) is 9.59 Å². The Labute approximate surface area is 187 Å². The number of aliphatic carboxylic acids is 1. The van der Waals surface area contributed by atoms with Gasteiger partial charge in [-0.2, -0.15) is 0 Å². The Morgan fingerprint density at radius 3 is 1.84 bits per heavy atom. The van der Waals surface area contributed by atoms with Gasteiger partial charge in [-0.05, 0) is 34.7 Å². The Balaban J connectivity index is 0.000000153. The molecule has 0 spiro atoms. The lowest BCUT2D eigenvalue weighted by Crippen LogP contribution is -2.16. The molecule has 0 heterocycles. The molecule has 0 amide bonds. The molecule has 4 heteroatoms. The van der Waals surface area contributed by atoms with Crippen molar-refractivity contribution in [1.82, 2.24) is 0 Å². The van der Waals surface area contributed by atoms with E-state index in [9.17, 15) is 14.7 Å². The maximum absolute atomic E-state index is 12.2. The lowest BCUT2D eigenvalue weighted by Gasteiger charge is -2.19. The van der Waals surface area contributed by atoms with E-state index < -0.39 is 11.9 Å². The van der Waals surface area contributed by atoms with Gasteiger partial charge in [-0.15, -0.1) is 0 Å². The molecule has 158 valence electrons. The minimum atomic E-state index is -0.822. The summed E-state index contributed by atoms with van der Waals surface area (Å²) in [6.07, 6.45) is 0.794. The summed E-state index contributed by atoms with van der Waals surface area (Å²) in [7, 11) is 0. The van der Waals surface area contributed by atoms with Crippen molar-refractivity contribution in [2.24, 2.45) is 0 Å². The molecule has 0 bridgehead atoms. The van der Waals surface area contributed by atoms with Crippen molar-refractivity contribution in [3.05, 3.63) is 137 Å². The summed E-state index contributed by atoms with van der Waals surface area (Å²) in [5.74, 6) is -1.35. The van der Waals surface area contributed by atoms with Crippen LogP contribution in [0.3, 0.4) is 0 Å². The molecule has 4 aromatic carbocycles. The number of ketones is 1. The smallest absolute Gasteiger partial charge is 0.315 e. The summed E-state index contributed by atoms with van der Waals surface area (Å²) >= 11 is 0. The Kier molecular flexibility index (Phi) is 6.13. The van der Waals surface area contributed by atoms with Crippen LogP contribution >= 0.6 is 0 Å². The molecular weight excluding hydrogens is 398 g/mol. The van der Waals surface area contributed by atoms with Crippen LogP contribution < -0.4 is 5.73 Å². The molecule has 0 radical (unpaired) electrons. The van der Waals surface area contributed by atoms with Crippen LogP contribution in [0.2, 0.25) is 0 Å². The molecule has 0 saturated heterocycles. The number of rotatable bonds is 3. The highest BCUT2D eigenvalue weighted by molar-refractivity contribution is 6.15. The van der Waals surface area contributed by atoms with Gasteiger partial charge >= 0.3 is 5.97 Å². The van der Waals surface area contributed by atoms with Crippen LogP contribution in [-0.4, -0.2) is 16.9 Å². The molecule has 3 N–H and O–H groups in total. The Hall–Kier alpha value is -4.18. The van der Waals surface area contributed by atoms with Gasteiger partial charge < -0.3 is 10.8 Å². The average molecular weight is 421 g/mol. The quantitative estimate of drug-likeness (QED) is 0.387. The Morgan fingerprint density at radius 1 is 0.719 bits per heavy atom.